The van der Waals surface area contributed by atoms with Gasteiger partial charge >= 0.3 is 145 Å². The Hall–Kier alpha value is -0.355. The average molecular weight is 539 g/mol. The Balaban J connectivity index is 2.00. The second kappa shape index (κ2) is 8.94. The fourth-order valence-corrected chi connectivity index (χ4v) is 10.7. The molecule has 0 bridgehead atoms. The number of ether oxygens (including phenoxy) is 1. The van der Waals surface area contributed by atoms with Crippen molar-refractivity contribution in [3.8, 4) is 0 Å². The molecule has 2 rings (SSSR count). The van der Waals surface area contributed by atoms with Crippen molar-refractivity contribution in [1.82, 2.24) is 4.90 Å². The zero-order valence-corrected chi connectivity index (χ0v) is 19.3. The van der Waals surface area contributed by atoms with E-state index in [9.17, 15) is 4.79 Å². The monoisotopic (exact) mass is 539 g/mol. The summed E-state index contributed by atoms with van der Waals surface area (Å²) in [4.78, 5) is 14.4. The number of likely N-dealkylation sites (tertiary alicyclic amines) is 1. The molecule has 0 aliphatic carbocycles. The summed E-state index contributed by atoms with van der Waals surface area (Å²) < 4.78 is 6.70. The normalized spacial score (nSPS) is 21.5. The van der Waals surface area contributed by atoms with Crippen molar-refractivity contribution >= 4 is 18.0 Å². The number of halogens is 1. The molecule has 110 valence electrons. The molecule has 5 heteroatoms. The summed E-state index contributed by atoms with van der Waals surface area (Å²) in [6.45, 7) is 4.23. The van der Waals surface area contributed by atoms with E-state index in [1.54, 1.807) is 0 Å². The first kappa shape index (κ1) is 17.0. The van der Waals surface area contributed by atoms with Crippen LogP contribution >= 0.6 is 11.9 Å². The summed E-state index contributed by atoms with van der Waals surface area (Å²) >= 11 is 2.74. The third-order valence-corrected chi connectivity index (χ3v) is 11.4. The number of carbonyl (C=O) groups is 1. The van der Waals surface area contributed by atoms with Gasteiger partial charge in [-0.25, -0.2) is 0 Å². The van der Waals surface area contributed by atoms with E-state index < -0.39 is 22.1 Å². The minimum absolute atomic E-state index is 0.125. The number of rotatable bonds is 5. The number of benzene rings is 1. The van der Waals surface area contributed by atoms with Gasteiger partial charge in [-0.15, -0.1) is 0 Å². The van der Waals surface area contributed by atoms with Gasteiger partial charge in [0.05, 0.1) is 0 Å². The van der Waals surface area contributed by atoms with Crippen LogP contribution in [0.5, 0.6) is 0 Å². The first-order valence-electron chi connectivity index (χ1n) is 7.43. The van der Waals surface area contributed by atoms with E-state index in [1.165, 1.54) is 10.4 Å². The zero-order valence-electron chi connectivity index (χ0n) is 12.2. The quantitative estimate of drug-likeness (QED) is 0.407. The van der Waals surface area contributed by atoms with Crippen molar-refractivity contribution in [3.05, 3.63) is 48.6 Å². The molecule has 1 heterocycles. The molecule has 0 radical (unpaired) electrons. The Bertz CT molecular complexity index is 467. The summed E-state index contributed by atoms with van der Waals surface area (Å²) in [6, 6.07) is 10.3. The van der Waals surface area contributed by atoms with E-state index in [2.05, 4.69) is 18.5 Å². The molecular formula is C16H20BrHgNO2. The van der Waals surface area contributed by atoms with E-state index in [1.807, 2.05) is 41.3 Å². The van der Waals surface area contributed by atoms with Crippen LogP contribution in [0.15, 0.2) is 43.0 Å². The predicted octanol–water partition coefficient (Wildman–Crippen LogP) is 4.54. The zero-order chi connectivity index (χ0) is 15.1. The predicted molar refractivity (Wildman–Crippen MR) is 83.8 cm³/mol. The summed E-state index contributed by atoms with van der Waals surface area (Å²) in [5.41, 5.74) is 1.02. The number of hydrogen-bond donors (Lipinski definition) is 0. The van der Waals surface area contributed by atoms with E-state index in [-0.39, 0.29) is 12.1 Å². The Morgan fingerprint density at radius 2 is 2.19 bits per heavy atom. The van der Waals surface area contributed by atoms with Crippen LogP contribution in [0.3, 0.4) is 0 Å². The van der Waals surface area contributed by atoms with Gasteiger partial charge in [0.15, 0.2) is 0 Å². The van der Waals surface area contributed by atoms with Gasteiger partial charge in [0.1, 0.15) is 0 Å². The number of amides is 1. The van der Waals surface area contributed by atoms with Crippen LogP contribution in [-0.2, 0) is 33.5 Å². The third-order valence-electron chi connectivity index (χ3n) is 3.92. The third kappa shape index (κ3) is 4.81. The Kier molecular flexibility index (Phi) is 7.24. The molecule has 1 amide bonds. The SMILES string of the molecule is C=C[C@@H]1CCC[C@H]([CH2][Hg][Br])N1C(=O)OCc1ccccc1. The van der Waals surface area contributed by atoms with E-state index in [4.69, 9.17) is 4.74 Å². The summed E-state index contributed by atoms with van der Waals surface area (Å²) in [5.74, 6) is 0. The molecule has 1 aromatic rings. The van der Waals surface area contributed by atoms with Crippen LogP contribution in [0.2, 0.25) is 3.93 Å². The number of carbonyl (C=O) groups excluding carboxylic acids is 1. The molecule has 1 aliphatic heterocycles. The first-order chi connectivity index (χ1) is 10.3. The molecule has 0 unspecified atom stereocenters. The van der Waals surface area contributed by atoms with Crippen molar-refractivity contribution in [3.63, 3.8) is 0 Å². The second-order valence-electron chi connectivity index (χ2n) is 5.31. The second-order valence-corrected chi connectivity index (χ2v) is 16.0. The fraction of sp³-hybridized carbons (Fsp3) is 0.438. The van der Waals surface area contributed by atoms with Crippen molar-refractivity contribution in [2.45, 2.75) is 41.9 Å². The first-order valence-corrected chi connectivity index (χ1v) is 23.2. The standard InChI is InChI=1S/C16H20NO2.BrH.Hg/c1-3-15-11-7-8-13(2)17(15)16(18)19-12-14-9-5-4-6-10-14;;/h3-6,9-10,13,15H,1-2,7-8,11-12H2;1H;/q;;+1/p-1/t13-,15+;;/m0../s1. The van der Waals surface area contributed by atoms with Crippen LogP contribution < -0.4 is 0 Å². The maximum atomic E-state index is 12.5. The average Bonchev–Trinajstić information content (AvgIpc) is 2.53. The van der Waals surface area contributed by atoms with E-state index in [0.717, 1.165) is 18.4 Å². The van der Waals surface area contributed by atoms with Crippen LogP contribution in [0.4, 0.5) is 4.79 Å². The summed E-state index contributed by atoms with van der Waals surface area (Å²) in [7, 11) is 0. The Labute approximate surface area is 144 Å². The minimum atomic E-state index is -0.953. The Morgan fingerprint density at radius 1 is 1.43 bits per heavy atom. The van der Waals surface area contributed by atoms with E-state index in [0.29, 0.717) is 12.6 Å². The number of piperidine rings is 1. The van der Waals surface area contributed by atoms with Gasteiger partial charge in [0.25, 0.3) is 0 Å². The van der Waals surface area contributed by atoms with Crippen molar-refractivity contribution in [2.24, 2.45) is 0 Å². The summed E-state index contributed by atoms with van der Waals surface area (Å²) in [6.07, 6.45) is 4.96. The van der Waals surface area contributed by atoms with Crippen LogP contribution in [0, 0.1) is 0 Å². The molecule has 21 heavy (non-hydrogen) atoms. The van der Waals surface area contributed by atoms with Crippen molar-refractivity contribution < 1.29 is 31.7 Å². The molecule has 1 aliphatic rings. The molecule has 1 saturated heterocycles. The molecule has 2 atom stereocenters. The molecule has 1 aromatic carbocycles. The van der Waals surface area contributed by atoms with Gasteiger partial charge in [-0.2, -0.15) is 0 Å². The molecule has 0 aromatic heterocycles. The molecule has 3 nitrogen and oxygen atoms in total. The molecule has 0 spiro atoms. The number of nitrogens with zero attached hydrogens (tertiary/aromatic N) is 1. The van der Waals surface area contributed by atoms with Gasteiger partial charge in [0, 0.05) is 0 Å². The molecular weight excluding hydrogens is 519 g/mol. The maximum absolute atomic E-state index is 12.5. The molecule has 1 fully saturated rings. The van der Waals surface area contributed by atoms with Gasteiger partial charge in [-0.05, 0) is 0 Å². The van der Waals surface area contributed by atoms with Crippen LogP contribution in [0.25, 0.3) is 0 Å². The van der Waals surface area contributed by atoms with Crippen molar-refractivity contribution in [1.29, 1.82) is 0 Å². The summed E-state index contributed by atoms with van der Waals surface area (Å²) in [5, 5.41) is 0. The van der Waals surface area contributed by atoms with Gasteiger partial charge in [0.2, 0.25) is 0 Å². The molecule has 0 saturated carbocycles. The van der Waals surface area contributed by atoms with Crippen LogP contribution in [0.1, 0.15) is 24.8 Å². The molecule has 0 N–H and O–H groups in total. The van der Waals surface area contributed by atoms with Crippen molar-refractivity contribution in [2.75, 3.05) is 0 Å². The Morgan fingerprint density at radius 3 is 2.86 bits per heavy atom. The topological polar surface area (TPSA) is 29.5 Å². The van der Waals surface area contributed by atoms with Gasteiger partial charge < -0.3 is 0 Å². The van der Waals surface area contributed by atoms with E-state index >= 15 is 0 Å². The van der Waals surface area contributed by atoms with Crippen LogP contribution in [-0.4, -0.2) is 23.1 Å². The van der Waals surface area contributed by atoms with Gasteiger partial charge in [-0.1, -0.05) is 0 Å². The van der Waals surface area contributed by atoms with Gasteiger partial charge in [-0.3, -0.25) is 0 Å². The number of hydrogen-bond acceptors (Lipinski definition) is 2. The fourth-order valence-electron chi connectivity index (χ4n) is 2.83.